The highest BCUT2D eigenvalue weighted by molar-refractivity contribution is 5.06. The van der Waals surface area contributed by atoms with Crippen LogP contribution >= 0.6 is 0 Å². The molecule has 2 aromatic rings. The fraction of sp³-hybridized carbons (Fsp3) is 0.600. The van der Waals surface area contributed by atoms with Crippen molar-refractivity contribution < 1.29 is 17.6 Å². The molecule has 23 heavy (non-hydrogen) atoms. The molecule has 0 N–H and O–H groups in total. The van der Waals surface area contributed by atoms with Gasteiger partial charge in [0.2, 0.25) is 5.89 Å². The van der Waals surface area contributed by atoms with E-state index >= 15 is 0 Å². The molecule has 0 bridgehead atoms. The Kier molecular flexibility index (Phi) is 4.18. The van der Waals surface area contributed by atoms with Crippen LogP contribution in [0.25, 0.3) is 0 Å². The van der Waals surface area contributed by atoms with Crippen molar-refractivity contribution in [1.29, 1.82) is 0 Å². The molecule has 1 saturated heterocycles. The smallest absolute Gasteiger partial charge is 0.435 e. The van der Waals surface area contributed by atoms with Gasteiger partial charge in [0, 0.05) is 19.3 Å². The molecule has 3 heterocycles. The van der Waals surface area contributed by atoms with E-state index in [4.69, 9.17) is 4.42 Å². The molecule has 3 rings (SSSR count). The largest absolute Gasteiger partial charge is 0.444 e. The number of alkyl halides is 3. The second kappa shape index (κ2) is 5.99. The highest BCUT2D eigenvalue weighted by atomic mass is 19.4. The van der Waals surface area contributed by atoms with Crippen molar-refractivity contribution in [1.82, 2.24) is 19.7 Å². The molecule has 0 atom stereocenters. The number of aryl methyl sites for hydroxylation is 2. The number of nitrogens with zero attached hydrogens (tertiary/aromatic N) is 4. The summed E-state index contributed by atoms with van der Waals surface area (Å²) in [6.07, 6.45) is -1.44. The first-order chi connectivity index (χ1) is 10.8. The van der Waals surface area contributed by atoms with Crippen LogP contribution in [-0.2, 0) is 12.7 Å². The van der Waals surface area contributed by atoms with E-state index in [-0.39, 0.29) is 6.04 Å². The van der Waals surface area contributed by atoms with E-state index in [0.29, 0.717) is 12.4 Å². The third-order valence-electron chi connectivity index (χ3n) is 4.26. The lowest BCUT2D eigenvalue weighted by molar-refractivity contribution is -0.141. The Balaban J connectivity index is 1.57. The molecule has 2 aromatic heterocycles. The van der Waals surface area contributed by atoms with Crippen LogP contribution in [0.1, 0.15) is 41.9 Å². The highest BCUT2D eigenvalue weighted by Gasteiger charge is 2.34. The van der Waals surface area contributed by atoms with Crippen molar-refractivity contribution in [3.63, 3.8) is 0 Å². The molecule has 0 amide bonds. The van der Waals surface area contributed by atoms with E-state index in [9.17, 15) is 13.2 Å². The Morgan fingerprint density at radius 1 is 1.26 bits per heavy atom. The maximum absolute atomic E-state index is 12.6. The van der Waals surface area contributed by atoms with Crippen molar-refractivity contribution in [2.45, 2.75) is 45.5 Å². The standard InChI is InChI=1S/C15H19F3N4O/c1-10-11(2)23-14(19-10)9-21-6-3-12(4-7-21)22-8-5-13(20-22)15(16,17)18/h5,8,12H,3-4,6-7,9H2,1-2H3. The molecule has 126 valence electrons. The van der Waals surface area contributed by atoms with Gasteiger partial charge >= 0.3 is 6.18 Å². The summed E-state index contributed by atoms with van der Waals surface area (Å²) in [5.74, 6) is 1.52. The van der Waals surface area contributed by atoms with E-state index < -0.39 is 11.9 Å². The predicted octanol–water partition coefficient (Wildman–Crippen LogP) is 3.34. The lowest BCUT2D eigenvalue weighted by Gasteiger charge is -2.31. The zero-order chi connectivity index (χ0) is 16.6. The van der Waals surface area contributed by atoms with Gasteiger partial charge < -0.3 is 4.42 Å². The molecule has 0 aromatic carbocycles. The van der Waals surface area contributed by atoms with Crippen LogP contribution in [0.4, 0.5) is 13.2 Å². The summed E-state index contributed by atoms with van der Waals surface area (Å²) in [5.41, 5.74) is 0.0665. The SMILES string of the molecule is Cc1nc(CN2CCC(n3ccc(C(F)(F)F)n3)CC2)oc1C. The summed E-state index contributed by atoms with van der Waals surface area (Å²) in [6.45, 7) is 5.99. The van der Waals surface area contributed by atoms with Gasteiger partial charge in [-0.2, -0.15) is 18.3 Å². The quantitative estimate of drug-likeness (QED) is 0.867. The number of hydrogen-bond donors (Lipinski definition) is 0. The van der Waals surface area contributed by atoms with Crippen molar-refractivity contribution >= 4 is 0 Å². The highest BCUT2D eigenvalue weighted by Crippen LogP contribution is 2.29. The molecule has 0 unspecified atom stereocenters. The zero-order valence-electron chi connectivity index (χ0n) is 13.1. The topological polar surface area (TPSA) is 47.1 Å². The molecule has 0 aliphatic carbocycles. The van der Waals surface area contributed by atoms with Crippen LogP contribution in [-0.4, -0.2) is 32.8 Å². The van der Waals surface area contributed by atoms with Gasteiger partial charge in [0.05, 0.1) is 18.3 Å². The number of hydrogen-bond acceptors (Lipinski definition) is 4. The van der Waals surface area contributed by atoms with Gasteiger partial charge in [-0.15, -0.1) is 0 Å². The zero-order valence-corrected chi connectivity index (χ0v) is 13.1. The second-order valence-electron chi connectivity index (χ2n) is 5.94. The van der Waals surface area contributed by atoms with E-state index in [1.54, 1.807) is 0 Å². The maximum Gasteiger partial charge on any atom is 0.435 e. The van der Waals surface area contributed by atoms with Crippen molar-refractivity contribution in [3.05, 3.63) is 35.3 Å². The summed E-state index contributed by atoms with van der Waals surface area (Å²) in [6, 6.07) is 1.04. The summed E-state index contributed by atoms with van der Waals surface area (Å²) in [5, 5.41) is 3.67. The molecule has 0 saturated carbocycles. The number of oxazole rings is 1. The lowest BCUT2D eigenvalue weighted by atomic mass is 10.1. The van der Waals surface area contributed by atoms with Gasteiger partial charge in [0.15, 0.2) is 5.69 Å². The van der Waals surface area contributed by atoms with E-state index in [2.05, 4.69) is 15.0 Å². The third kappa shape index (κ3) is 3.57. The molecule has 1 aliphatic heterocycles. The molecule has 5 nitrogen and oxygen atoms in total. The van der Waals surface area contributed by atoms with E-state index in [0.717, 1.165) is 43.5 Å². The Morgan fingerprint density at radius 2 is 1.96 bits per heavy atom. The fourth-order valence-electron chi connectivity index (χ4n) is 2.83. The lowest BCUT2D eigenvalue weighted by Crippen LogP contribution is -2.34. The number of halogens is 3. The maximum atomic E-state index is 12.6. The summed E-state index contributed by atoms with van der Waals surface area (Å²) in [4.78, 5) is 6.56. The van der Waals surface area contributed by atoms with Crippen molar-refractivity contribution in [3.8, 4) is 0 Å². The normalized spacial score (nSPS) is 17.8. The molecule has 1 aliphatic rings. The van der Waals surface area contributed by atoms with Crippen LogP contribution in [0.3, 0.4) is 0 Å². The predicted molar refractivity (Wildman–Crippen MR) is 76.8 cm³/mol. The molecule has 0 spiro atoms. The first kappa shape index (κ1) is 16.0. The Labute approximate surface area is 132 Å². The summed E-state index contributed by atoms with van der Waals surface area (Å²) in [7, 11) is 0. The first-order valence-electron chi connectivity index (χ1n) is 7.60. The van der Waals surface area contributed by atoms with E-state index in [1.165, 1.54) is 10.9 Å². The molecular formula is C15H19F3N4O. The average molecular weight is 328 g/mol. The van der Waals surface area contributed by atoms with Gasteiger partial charge in [0.1, 0.15) is 5.76 Å². The first-order valence-corrected chi connectivity index (χ1v) is 7.60. The monoisotopic (exact) mass is 328 g/mol. The minimum atomic E-state index is -4.38. The van der Waals surface area contributed by atoms with Crippen LogP contribution in [0.5, 0.6) is 0 Å². The Morgan fingerprint density at radius 3 is 2.48 bits per heavy atom. The minimum absolute atomic E-state index is 0.00961. The van der Waals surface area contributed by atoms with Crippen molar-refractivity contribution in [2.75, 3.05) is 13.1 Å². The Bertz CT molecular complexity index is 649. The van der Waals surface area contributed by atoms with Gasteiger partial charge in [-0.25, -0.2) is 4.98 Å². The number of rotatable bonds is 3. The van der Waals surface area contributed by atoms with Crippen LogP contribution in [0.15, 0.2) is 16.7 Å². The number of likely N-dealkylation sites (tertiary alicyclic amines) is 1. The van der Waals surface area contributed by atoms with Gasteiger partial charge in [0.25, 0.3) is 0 Å². The minimum Gasteiger partial charge on any atom is -0.444 e. The molecule has 1 fully saturated rings. The summed E-state index contributed by atoms with van der Waals surface area (Å²) < 4.78 is 44.8. The fourth-order valence-corrected chi connectivity index (χ4v) is 2.83. The molecule has 0 radical (unpaired) electrons. The van der Waals surface area contributed by atoms with Crippen molar-refractivity contribution in [2.24, 2.45) is 0 Å². The van der Waals surface area contributed by atoms with Gasteiger partial charge in [-0.3, -0.25) is 9.58 Å². The van der Waals surface area contributed by atoms with Crippen LogP contribution in [0, 0.1) is 13.8 Å². The average Bonchev–Trinajstić information content (AvgIpc) is 3.07. The van der Waals surface area contributed by atoms with Gasteiger partial charge in [-0.1, -0.05) is 0 Å². The Hall–Kier alpha value is -1.83. The van der Waals surface area contributed by atoms with Crippen LogP contribution in [0.2, 0.25) is 0 Å². The van der Waals surface area contributed by atoms with E-state index in [1.807, 2.05) is 13.8 Å². The molecule has 8 heteroatoms. The van der Waals surface area contributed by atoms with Crippen LogP contribution < -0.4 is 0 Å². The molecular weight excluding hydrogens is 309 g/mol. The number of aromatic nitrogens is 3. The third-order valence-corrected chi connectivity index (χ3v) is 4.26. The number of piperidine rings is 1. The van der Waals surface area contributed by atoms with Gasteiger partial charge in [-0.05, 0) is 32.8 Å². The second-order valence-corrected chi connectivity index (χ2v) is 5.94. The summed E-state index contributed by atoms with van der Waals surface area (Å²) >= 11 is 0.